The second-order valence-corrected chi connectivity index (χ2v) is 4.11. The third kappa shape index (κ3) is 3.03. The van der Waals surface area contributed by atoms with E-state index in [1.807, 2.05) is 18.2 Å². The molecule has 0 bridgehead atoms. The first kappa shape index (κ1) is 12.0. The van der Waals surface area contributed by atoms with Crippen molar-refractivity contribution in [3.63, 3.8) is 0 Å². The van der Waals surface area contributed by atoms with Crippen LogP contribution in [-0.2, 0) is 6.54 Å². The fourth-order valence-electron chi connectivity index (χ4n) is 1.88. The lowest BCUT2D eigenvalue weighted by atomic mass is 10.0. The molecule has 0 heterocycles. The van der Waals surface area contributed by atoms with Crippen molar-refractivity contribution in [3.8, 4) is 0 Å². The number of benzene rings is 2. The minimum atomic E-state index is -0.690. The molecule has 0 radical (unpaired) electrons. The van der Waals surface area contributed by atoms with Gasteiger partial charge in [-0.25, -0.2) is 0 Å². The normalized spacial score (nSPS) is 12.8. The summed E-state index contributed by atoms with van der Waals surface area (Å²) in [4.78, 5) is 0. The van der Waals surface area contributed by atoms with Gasteiger partial charge in [0.2, 0.25) is 0 Å². The molecule has 2 aromatic carbocycles. The van der Waals surface area contributed by atoms with Gasteiger partial charge in [-0.2, -0.15) is 0 Å². The Bertz CT molecular complexity index is 479. The monoisotopic (exact) mass is 231 g/mol. The summed E-state index contributed by atoms with van der Waals surface area (Å²) < 4.78 is 0. The number of aliphatic hydroxyl groups is 2. The van der Waals surface area contributed by atoms with Crippen LogP contribution in [0.2, 0.25) is 0 Å². The van der Waals surface area contributed by atoms with E-state index in [9.17, 15) is 5.11 Å². The van der Waals surface area contributed by atoms with Crippen LogP contribution in [0.5, 0.6) is 0 Å². The van der Waals surface area contributed by atoms with Crippen molar-refractivity contribution >= 4 is 10.8 Å². The first-order valence-electron chi connectivity index (χ1n) is 5.77. The molecule has 3 nitrogen and oxygen atoms in total. The average molecular weight is 231 g/mol. The molecule has 0 amide bonds. The second kappa shape index (κ2) is 5.77. The Balaban J connectivity index is 2.08. The summed E-state index contributed by atoms with van der Waals surface area (Å²) in [5.41, 5.74) is 1.20. The number of hydrogen-bond acceptors (Lipinski definition) is 3. The van der Waals surface area contributed by atoms with Gasteiger partial charge in [0.1, 0.15) is 0 Å². The summed E-state index contributed by atoms with van der Waals surface area (Å²) >= 11 is 0. The smallest absolute Gasteiger partial charge is 0.0895 e. The van der Waals surface area contributed by atoms with Gasteiger partial charge in [0, 0.05) is 13.1 Å². The first-order valence-corrected chi connectivity index (χ1v) is 5.77. The molecule has 0 saturated carbocycles. The van der Waals surface area contributed by atoms with Gasteiger partial charge >= 0.3 is 0 Å². The Morgan fingerprint density at radius 1 is 1.06 bits per heavy atom. The van der Waals surface area contributed by atoms with Crippen LogP contribution in [0, 0.1) is 0 Å². The Hall–Kier alpha value is -1.42. The van der Waals surface area contributed by atoms with Gasteiger partial charge in [0.25, 0.3) is 0 Å². The maximum absolute atomic E-state index is 9.24. The molecular formula is C14H17NO2. The van der Waals surface area contributed by atoms with Crippen molar-refractivity contribution < 1.29 is 10.2 Å². The number of hydrogen-bond donors (Lipinski definition) is 3. The summed E-state index contributed by atoms with van der Waals surface area (Å²) in [5.74, 6) is 0. The molecule has 90 valence electrons. The van der Waals surface area contributed by atoms with Gasteiger partial charge in [-0.3, -0.25) is 0 Å². The molecule has 0 fully saturated rings. The van der Waals surface area contributed by atoms with Crippen molar-refractivity contribution in [2.45, 2.75) is 12.6 Å². The van der Waals surface area contributed by atoms with Crippen molar-refractivity contribution in [2.24, 2.45) is 0 Å². The molecule has 0 saturated heterocycles. The predicted molar refractivity (Wildman–Crippen MR) is 68.7 cm³/mol. The highest BCUT2D eigenvalue weighted by Crippen LogP contribution is 2.17. The SMILES string of the molecule is OC[C@@H](O)CNCc1cccc2ccccc12. The highest BCUT2D eigenvalue weighted by molar-refractivity contribution is 5.85. The van der Waals surface area contributed by atoms with E-state index in [0.717, 1.165) is 0 Å². The lowest BCUT2D eigenvalue weighted by Crippen LogP contribution is -2.28. The van der Waals surface area contributed by atoms with E-state index in [0.29, 0.717) is 13.1 Å². The molecule has 0 spiro atoms. The molecule has 3 N–H and O–H groups in total. The topological polar surface area (TPSA) is 52.5 Å². The van der Waals surface area contributed by atoms with Gasteiger partial charge in [-0.05, 0) is 16.3 Å². The predicted octanol–water partition coefficient (Wildman–Crippen LogP) is 1.28. The Kier molecular flexibility index (Phi) is 4.09. The largest absolute Gasteiger partial charge is 0.394 e. The fourth-order valence-corrected chi connectivity index (χ4v) is 1.88. The van der Waals surface area contributed by atoms with E-state index in [1.165, 1.54) is 16.3 Å². The maximum atomic E-state index is 9.24. The Labute approximate surface area is 101 Å². The van der Waals surface area contributed by atoms with Crippen LogP contribution >= 0.6 is 0 Å². The summed E-state index contributed by atoms with van der Waals surface area (Å²) in [5, 5.41) is 23.5. The van der Waals surface area contributed by atoms with E-state index in [1.54, 1.807) is 0 Å². The minimum absolute atomic E-state index is 0.206. The molecule has 2 aromatic rings. The van der Waals surface area contributed by atoms with E-state index in [4.69, 9.17) is 5.11 Å². The average Bonchev–Trinajstić information content (AvgIpc) is 2.39. The van der Waals surface area contributed by atoms with Crippen molar-refractivity contribution in [1.29, 1.82) is 0 Å². The summed E-state index contributed by atoms with van der Waals surface area (Å²) in [6.07, 6.45) is -0.690. The van der Waals surface area contributed by atoms with E-state index in [2.05, 4.69) is 29.6 Å². The quantitative estimate of drug-likeness (QED) is 0.726. The Morgan fingerprint density at radius 3 is 2.65 bits per heavy atom. The van der Waals surface area contributed by atoms with Gasteiger partial charge in [0.15, 0.2) is 0 Å². The molecule has 0 aliphatic heterocycles. The standard InChI is InChI=1S/C14H17NO2/c16-10-13(17)9-15-8-12-6-3-5-11-4-1-2-7-14(11)12/h1-7,13,15-17H,8-10H2/t13-/m0/s1. The molecule has 17 heavy (non-hydrogen) atoms. The van der Waals surface area contributed by atoms with Crippen LogP contribution in [0.15, 0.2) is 42.5 Å². The van der Waals surface area contributed by atoms with Crippen LogP contribution < -0.4 is 5.32 Å². The summed E-state index contributed by atoms with van der Waals surface area (Å²) in [6, 6.07) is 14.4. The molecule has 0 aliphatic carbocycles. The lowest BCUT2D eigenvalue weighted by molar-refractivity contribution is 0.0942. The van der Waals surface area contributed by atoms with Crippen LogP contribution in [0.1, 0.15) is 5.56 Å². The number of aliphatic hydroxyl groups excluding tert-OH is 2. The van der Waals surface area contributed by atoms with Crippen LogP contribution in [0.4, 0.5) is 0 Å². The van der Waals surface area contributed by atoms with E-state index >= 15 is 0 Å². The fraction of sp³-hybridized carbons (Fsp3) is 0.286. The van der Waals surface area contributed by atoms with Crippen molar-refractivity contribution in [3.05, 3.63) is 48.0 Å². The van der Waals surface area contributed by atoms with Gasteiger partial charge in [0.05, 0.1) is 12.7 Å². The van der Waals surface area contributed by atoms with E-state index in [-0.39, 0.29) is 6.61 Å². The highest BCUT2D eigenvalue weighted by atomic mass is 16.3. The Morgan fingerprint density at radius 2 is 1.82 bits per heavy atom. The molecule has 0 aliphatic rings. The molecule has 3 heteroatoms. The molecular weight excluding hydrogens is 214 g/mol. The zero-order chi connectivity index (χ0) is 12.1. The summed E-state index contributed by atoms with van der Waals surface area (Å²) in [6.45, 7) is 0.890. The third-order valence-electron chi connectivity index (χ3n) is 2.79. The van der Waals surface area contributed by atoms with Gasteiger partial charge in [-0.15, -0.1) is 0 Å². The zero-order valence-corrected chi connectivity index (χ0v) is 9.63. The molecule has 2 rings (SSSR count). The minimum Gasteiger partial charge on any atom is -0.394 e. The van der Waals surface area contributed by atoms with Gasteiger partial charge < -0.3 is 15.5 Å². The molecule has 1 atom stereocenters. The second-order valence-electron chi connectivity index (χ2n) is 4.11. The van der Waals surface area contributed by atoms with Crippen LogP contribution in [0.25, 0.3) is 10.8 Å². The number of rotatable bonds is 5. The summed E-state index contributed by atoms with van der Waals surface area (Å²) in [7, 11) is 0. The molecule has 0 unspecified atom stereocenters. The number of nitrogens with one attached hydrogen (secondary N) is 1. The molecule has 0 aromatic heterocycles. The van der Waals surface area contributed by atoms with Crippen molar-refractivity contribution in [2.75, 3.05) is 13.2 Å². The number of fused-ring (bicyclic) bond motifs is 1. The van der Waals surface area contributed by atoms with E-state index < -0.39 is 6.10 Å². The maximum Gasteiger partial charge on any atom is 0.0895 e. The first-order chi connectivity index (χ1) is 8.31. The zero-order valence-electron chi connectivity index (χ0n) is 9.63. The lowest BCUT2D eigenvalue weighted by Gasteiger charge is -2.10. The van der Waals surface area contributed by atoms with Crippen molar-refractivity contribution in [1.82, 2.24) is 5.32 Å². The van der Waals surface area contributed by atoms with Gasteiger partial charge in [-0.1, -0.05) is 42.5 Å². The highest BCUT2D eigenvalue weighted by Gasteiger charge is 2.02. The van der Waals surface area contributed by atoms with Crippen LogP contribution in [0.3, 0.4) is 0 Å². The van der Waals surface area contributed by atoms with Crippen LogP contribution in [-0.4, -0.2) is 29.5 Å². The third-order valence-corrected chi connectivity index (χ3v) is 2.79.